The Hall–Kier alpha value is -1.72. The molecule has 0 saturated carbocycles. The highest BCUT2D eigenvalue weighted by Crippen LogP contribution is 2.33. The first kappa shape index (κ1) is 16.1. The Morgan fingerprint density at radius 1 is 1.48 bits per heavy atom. The van der Waals surface area contributed by atoms with Gasteiger partial charge in [0.15, 0.2) is 0 Å². The molecule has 2 aromatic rings. The molecule has 4 unspecified atom stereocenters. The van der Waals surface area contributed by atoms with Crippen LogP contribution in [0.25, 0.3) is 5.78 Å². The number of nitrogens with one attached hydrogen (secondary N) is 1. The van der Waals surface area contributed by atoms with Crippen molar-refractivity contribution in [1.29, 1.82) is 0 Å². The first-order valence-corrected chi connectivity index (χ1v) is 7.20. The normalized spacial score (nSPS) is 27.7. The fourth-order valence-electron chi connectivity index (χ4n) is 2.59. The van der Waals surface area contributed by atoms with Gasteiger partial charge in [0.2, 0.25) is 11.6 Å². The van der Waals surface area contributed by atoms with Gasteiger partial charge < -0.3 is 20.1 Å². The van der Waals surface area contributed by atoms with E-state index in [0.29, 0.717) is 0 Å². The molecule has 3 rings (SSSR count). The summed E-state index contributed by atoms with van der Waals surface area (Å²) in [5.74, 6) is -0.914. The molecule has 0 aromatic carbocycles. The Morgan fingerprint density at radius 2 is 2.17 bits per heavy atom. The molecular weight excluding hydrogens is 329 g/mol. The van der Waals surface area contributed by atoms with Crippen molar-refractivity contribution < 1.29 is 24.4 Å². The number of aliphatic hydroxyl groups is 3. The second-order valence-corrected chi connectivity index (χ2v) is 5.69. The van der Waals surface area contributed by atoms with E-state index in [-0.39, 0.29) is 21.7 Å². The van der Waals surface area contributed by atoms with Crippen LogP contribution in [0.3, 0.4) is 0 Å². The molecule has 2 aromatic heterocycles. The SMILES string of the molecule is Cc1c(F)c(=O)[nH]c2nc(=S)c(C3OC(CO)C(O)C3O)cn12. The summed E-state index contributed by atoms with van der Waals surface area (Å²) >= 11 is 5.13. The van der Waals surface area contributed by atoms with E-state index in [9.17, 15) is 19.4 Å². The summed E-state index contributed by atoms with van der Waals surface area (Å²) in [6, 6.07) is 0. The van der Waals surface area contributed by atoms with E-state index in [0.717, 1.165) is 0 Å². The van der Waals surface area contributed by atoms with Gasteiger partial charge in [-0.25, -0.2) is 4.98 Å². The third-order valence-electron chi connectivity index (χ3n) is 3.90. The summed E-state index contributed by atoms with van der Waals surface area (Å²) < 4.78 is 20.5. The van der Waals surface area contributed by atoms with Gasteiger partial charge in [0, 0.05) is 11.8 Å². The van der Waals surface area contributed by atoms with Crippen molar-refractivity contribution in [3.8, 4) is 0 Å². The average molecular weight is 343 g/mol. The number of aliphatic hydroxyl groups excluding tert-OH is 3. The number of hydrogen-bond acceptors (Lipinski definition) is 7. The van der Waals surface area contributed by atoms with E-state index in [1.165, 1.54) is 17.5 Å². The highest BCUT2D eigenvalue weighted by atomic mass is 32.1. The minimum Gasteiger partial charge on any atom is -0.394 e. The molecular formula is C13H14FN3O5S. The molecule has 4 N–H and O–H groups in total. The minimum absolute atomic E-state index is 0.0132. The molecule has 3 heterocycles. The summed E-state index contributed by atoms with van der Waals surface area (Å²) in [5, 5.41) is 29.0. The highest BCUT2D eigenvalue weighted by Gasteiger charge is 2.43. The molecule has 0 aliphatic carbocycles. The number of fused-ring (bicyclic) bond motifs is 1. The number of nitrogens with zero attached hydrogens (tertiary/aromatic N) is 2. The van der Waals surface area contributed by atoms with Gasteiger partial charge in [-0.05, 0) is 6.92 Å². The van der Waals surface area contributed by atoms with Crippen LogP contribution in [0.15, 0.2) is 11.0 Å². The third-order valence-corrected chi connectivity index (χ3v) is 4.23. The first-order chi connectivity index (χ1) is 10.8. The van der Waals surface area contributed by atoms with Crippen molar-refractivity contribution in [2.45, 2.75) is 31.3 Å². The molecule has 23 heavy (non-hydrogen) atoms. The van der Waals surface area contributed by atoms with E-state index in [4.69, 9.17) is 22.1 Å². The zero-order valence-corrected chi connectivity index (χ0v) is 12.7. The molecule has 1 saturated heterocycles. The Kier molecular flexibility index (Phi) is 4.02. The van der Waals surface area contributed by atoms with Crippen molar-refractivity contribution in [3.63, 3.8) is 0 Å². The molecule has 8 nitrogen and oxygen atoms in total. The van der Waals surface area contributed by atoms with Crippen LogP contribution in [0.4, 0.5) is 4.39 Å². The van der Waals surface area contributed by atoms with Crippen molar-refractivity contribution in [3.05, 3.63) is 38.3 Å². The van der Waals surface area contributed by atoms with Gasteiger partial charge in [0.05, 0.1) is 12.3 Å². The van der Waals surface area contributed by atoms with E-state index in [1.54, 1.807) is 0 Å². The van der Waals surface area contributed by atoms with Gasteiger partial charge in [-0.15, -0.1) is 0 Å². The van der Waals surface area contributed by atoms with Crippen molar-refractivity contribution in [1.82, 2.24) is 14.4 Å². The fraction of sp³-hybridized carbons (Fsp3) is 0.462. The number of rotatable bonds is 2. The lowest BCUT2D eigenvalue weighted by molar-refractivity contribution is -0.0230. The molecule has 0 amide bonds. The molecule has 0 radical (unpaired) electrons. The first-order valence-electron chi connectivity index (χ1n) is 6.79. The summed E-state index contributed by atoms with van der Waals surface area (Å²) in [5.41, 5.74) is -0.654. The van der Waals surface area contributed by atoms with Crippen LogP contribution in [0.2, 0.25) is 0 Å². The third kappa shape index (κ3) is 2.48. The Morgan fingerprint density at radius 3 is 2.78 bits per heavy atom. The smallest absolute Gasteiger partial charge is 0.288 e. The van der Waals surface area contributed by atoms with Gasteiger partial charge in [-0.2, -0.15) is 4.39 Å². The number of hydrogen-bond donors (Lipinski definition) is 4. The van der Waals surface area contributed by atoms with Gasteiger partial charge in [-0.3, -0.25) is 14.2 Å². The minimum atomic E-state index is -1.32. The van der Waals surface area contributed by atoms with E-state index in [2.05, 4.69) is 9.97 Å². The number of aromatic amines is 1. The maximum absolute atomic E-state index is 13.8. The molecule has 1 aliphatic heterocycles. The maximum atomic E-state index is 13.8. The number of H-pyrrole nitrogens is 1. The van der Waals surface area contributed by atoms with Crippen molar-refractivity contribution in [2.24, 2.45) is 0 Å². The zero-order valence-electron chi connectivity index (χ0n) is 11.9. The summed E-state index contributed by atoms with van der Waals surface area (Å²) in [4.78, 5) is 17.7. The predicted octanol–water partition coefficient (Wildman–Crippen LogP) is -0.646. The molecule has 0 spiro atoms. The standard InChI is InChI=1S/C13H14FN3O5S/c1-4-7(14)11(21)15-13-16-12(23)5(2-17(4)13)10-9(20)8(19)6(3-18)22-10/h2,6,8-10,18-20H,3H2,1H3,(H,15,16,21,23). The maximum Gasteiger partial charge on any atom is 0.288 e. The van der Waals surface area contributed by atoms with Crippen LogP contribution in [0, 0.1) is 17.4 Å². The van der Waals surface area contributed by atoms with E-state index in [1.807, 2.05) is 0 Å². The lowest BCUT2D eigenvalue weighted by atomic mass is 10.0. The highest BCUT2D eigenvalue weighted by molar-refractivity contribution is 7.71. The second-order valence-electron chi connectivity index (χ2n) is 5.31. The fourth-order valence-corrected chi connectivity index (χ4v) is 2.85. The lowest BCUT2D eigenvalue weighted by Crippen LogP contribution is -2.32. The molecule has 10 heteroatoms. The summed E-state index contributed by atoms with van der Waals surface area (Å²) in [6.45, 7) is 0.917. The van der Waals surface area contributed by atoms with Crippen LogP contribution < -0.4 is 5.56 Å². The monoisotopic (exact) mass is 343 g/mol. The number of ether oxygens (including phenoxy) is 1. The van der Waals surface area contributed by atoms with Crippen LogP contribution >= 0.6 is 12.2 Å². The molecule has 124 valence electrons. The molecule has 4 atom stereocenters. The second kappa shape index (κ2) is 5.73. The quantitative estimate of drug-likeness (QED) is 0.535. The van der Waals surface area contributed by atoms with Crippen LogP contribution in [-0.4, -0.2) is 54.6 Å². The lowest BCUT2D eigenvalue weighted by Gasteiger charge is -2.16. The number of aromatic nitrogens is 3. The molecule has 1 fully saturated rings. The van der Waals surface area contributed by atoms with E-state index < -0.39 is 42.4 Å². The topological polar surface area (TPSA) is 120 Å². The average Bonchev–Trinajstić information content (AvgIpc) is 2.80. The van der Waals surface area contributed by atoms with Crippen LogP contribution in [0.5, 0.6) is 0 Å². The number of halogens is 1. The van der Waals surface area contributed by atoms with Crippen molar-refractivity contribution >= 4 is 18.0 Å². The van der Waals surface area contributed by atoms with Crippen LogP contribution in [0.1, 0.15) is 17.4 Å². The van der Waals surface area contributed by atoms with Gasteiger partial charge in [-0.1, -0.05) is 12.2 Å². The van der Waals surface area contributed by atoms with Gasteiger partial charge in [0.25, 0.3) is 5.56 Å². The van der Waals surface area contributed by atoms with E-state index >= 15 is 0 Å². The largest absolute Gasteiger partial charge is 0.394 e. The zero-order chi connectivity index (χ0) is 16.9. The molecule has 0 bridgehead atoms. The Balaban J connectivity index is 2.18. The van der Waals surface area contributed by atoms with Gasteiger partial charge in [0.1, 0.15) is 29.1 Å². The predicted molar refractivity (Wildman–Crippen MR) is 78.1 cm³/mol. The van der Waals surface area contributed by atoms with Crippen LogP contribution in [-0.2, 0) is 4.74 Å². The molecule has 1 aliphatic rings. The summed E-state index contributed by atoms with van der Waals surface area (Å²) in [7, 11) is 0. The Bertz CT molecular complexity index is 882. The Labute approximate surface area is 133 Å². The van der Waals surface area contributed by atoms with Gasteiger partial charge >= 0.3 is 0 Å². The number of aryl methyl sites for hydroxylation is 1. The van der Waals surface area contributed by atoms with Crippen molar-refractivity contribution in [2.75, 3.05) is 6.61 Å². The summed E-state index contributed by atoms with van der Waals surface area (Å²) in [6.07, 6.45) is -3.19.